The van der Waals surface area contributed by atoms with Crippen molar-refractivity contribution < 1.29 is 19.1 Å². The lowest BCUT2D eigenvalue weighted by Gasteiger charge is -2.37. The molecule has 0 aliphatic carbocycles. The van der Waals surface area contributed by atoms with Gasteiger partial charge in [-0.2, -0.15) is 5.10 Å². The van der Waals surface area contributed by atoms with Crippen LogP contribution in [0.25, 0.3) is 0 Å². The predicted molar refractivity (Wildman–Crippen MR) is 98.5 cm³/mol. The van der Waals surface area contributed by atoms with Crippen LogP contribution < -0.4 is 0 Å². The van der Waals surface area contributed by atoms with Crippen LogP contribution in [-0.2, 0) is 16.5 Å². The highest BCUT2D eigenvalue weighted by Gasteiger charge is 2.47. The van der Waals surface area contributed by atoms with Crippen LogP contribution in [-0.4, -0.2) is 102 Å². The Morgan fingerprint density at radius 3 is 2.74 bits per heavy atom. The molecule has 1 spiro atoms. The van der Waals surface area contributed by atoms with E-state index in [1.807, 2.05) is 11.9 Å². The van der Waals surface area contributed by atoms with Crippen LogP contribution in [0, 0.1) is 0 Å². The Labute approximate surface area is 159 Å². The fraction of sp³-hybridized carbons (Fsp3) is 0.722. The second-order valence-corrected chi connectivity index (χ2v) is 7.46. The van der Waals surface area contributed by atoms with Crippen LogP contribution in [0.1, 0.15) is 23.2 Å². The number of carbonyl (C=O) groups excluding carboxylic acids is 2. The quantitative estimate of drug-likeness (QED) is 0.683. The maximum Gasteiger partial charge on any atom is 0.410 e. The first-order valence-corrected chi connectivity index (χ1v) is 9.36. The maximum absolute atomic E-state index is 12.5. The summed E-state index contributed by atoms with van der Waals surface area (Å²) in [6.07, 6.45) is 4.40. The molecule has 3 rings (SSSR count). The summed E-state index contributed by atoms with van der Waals surface area (Å²) in [5, 5.41) is 4.06. The minimum absolute atomic E-state index is 0.0149. The van der Waals surface area contributed by atoms with Crippen molar-refractivity contribution in [3.8, 4) is 0 Å². The van der Waals surface area contributed by atoms with E-state index in [2.05, 4.69) is 10.00 Å². The maximum atomic E-state index is 12.5. The number of aromatic nitrogens is 2. The molecule has 0 radical (unpaired) electrons. The second kappa shape index (κ2) is 8.26. The van der Waals surface area contributed by atoms with Gasteiger partial charge in [0.25, 0.3) is 5.91 Å². The van der Waals surface area contributed by atoms with Gasteiger partial charge in [0.1, 0.15) is 5.60 Å². The molecular weight excluding hydrogens is 350 g/mol. The molecule has 9 heteroatoms. The molecule has 1 aromatic rings. The number of hydrogen-bond acceptors (Lipinski definition) is 6. The summed E-state index contributed by atoms with van der Waals surface area (Å²) in [6, 6.07) is 0. The number of likely N-dealkylation sites (tertiary alicyclic amines) is 1. The monoisotopic (exact) mass is 379 g/mol. The summed E-state index contributed by atoms with van der Waals surface area (Å²) < 4.78 is 12.4. The van der Waals surface area contributed by atoms with E-state index in [0.29, 0.717) is 51.2 Å². The van der Waals surface area contributed by atoms with Crippen LogP contribution >= 0.6 is 0 Å². The Morgan fingerprint density at radius 2 is 2.11 bits per heavy atom. The fourth-order valence-electron chi connectivity index (χ4n) is 3.61. The van der Waals surface area contributed by atoms with Crippen molar-refractivity contribution in [1.29, 1.82) is 0 Å². The highest BCUT2D eigenvalue weighted by Crippen LogP contribution is 2.33. The number of amides is 2. The van der Waals surface area contributed by atoms with Gasteiger partial charge < -0.3 is 24.2 Å². The minimum Gasteiger partial charge on any atom is -0.441 e. The molecule has 3 heterocycles. The highest BCUT2D eigenvalue weighted by atomic mass is 16.6. The third-order valence-electron chi connectivity index (χ3n) is 5.38. The standard InChI is InChI=1S/C18H29N5O4/c1-20(10-11-26-3)8-9-23-14-18(27-17(23)25)4-6-22(7-5-18)16(24)15-12-19-21(2)13-15/h12-13H,4-11,14H2,1-3H3. The first-order chi connectivity index (χ1) is 12.9. The topological polar surface area (TPSA) is 80.1 Å². The zero-order valence-corrected chi connectivity index (χ0v) is 16.4. The first kappa shape index (κ1) is 19.6. The zero-order chi connectivity index (χ0) is 19.4. The number of nitrogens with zero attached hydrogens (tertiary/aromatic N) is 5. The summed E-state index contributed by atoms with van der Waals surface area (Å²) in [6.45, 7) is 4.69. The van der Waals surface area contributed by atoms with Crippen molar-refractivity contribution in [3.63, 3.8) is 0 Å². The average molecular weight is 379 g/mol. The van der Waals surface area contributed by atoms with Gasteiger partial charge in [-0.1, -0.05) is 0 Å². The Bertz CT molecular complexity index is 668. The van der Waals surface area contributed by atoms with Crippen molar-refractivity contribution in [2.24, 2.45) is 7.05 Å². The smallest absolute Gasteiger partial charge is 0.410 e. The van der Waals surface area contributed by atoms with Gasteiger partial charge in [0.15, 0.2) is 0 Å². The SMILES string of the molecule is COCCN(C)CCN1CC2(CCN(C(=O)c3cnn(C)c3)CC2)OC1=O. The molecule has 1 aromatic heterocycles. The summed E-state index contributed by atoms with van der Waals surface area (Å²) >= 11 is 0. The van der Waals surface area contributed by atoms with Gasteiger partial charge in [0.05, 0.1) is 24.9 Å². The van der Waals surface area contributed by atoms with Crippen molar-refractivity contribution in [3.05, 3.63) is 18.0 Å². The predicted octanol–water partition coefficient (Wildman–Crippen LogP) is 0.425. The van der Waals surface area contributed by atoms with Gasteiger partial charge in [-0.05, 0) is 7.05 Å². The van der Waals surface area contributed by atoms with Crippen molar-refractivity contribution in [1.82, 2.24) is 24.5 Å². The van der Waals surface area contributed by atoms with E-state index in [0.717, 1.165) is 13.1 Å². The van der Waals surface area contributed by atoms with E-state index >= 15 is 0 Å². The number of carbonyl (C=O) groups is 2. The molecule has 2 aliphatic rings. The summed E-state index contributed by atoms with van der Waals surface area (Å²) in [5.41, 5.74) is 0.131. The van der Waals surface area contributed by atoms with Gasteiger partial charge in [-0.25, -0.2) is 4.79 Å². The molecule has 9 nitrogen and oxygen atoms in total. The molecular formula is C18H29N5O4. The number of methoxy groups -OCH3 is 1. The molecule has 0 unspecified atom stereocenters. The number of aryl methyl sites for hydroxylation is 1. The number of rotatable bonds is 7. The lowest BCUT2D eigenvalue weighted by Crippen LogP contribution is -2.49. The van der Waals surface area contributed by atoms with Crippen LogP contribution in [0.4, 0.5) is 4.79 Å². The zero-order valence-electron chi connectivity index (χ0n) is 16.4. The van der Waals surface area contributed by atoms with E-state index in [9.17, 15) is 9.59 Å². The number of hydrogen-bond donors (Lipinski definition) is 0. The van der Waals surface area contributed by atoms with Crippen LogP contribution in [0.15, 0.2) is 12.4 Å². The average Bonchev–Trinajstić information content (AvgIpc) is 3.22. The molecule has 150 valence electrons. The van der Waals surface area contributed by atoms with E-state index in [4.69, 9.17) is 9.47 Å². The third-order valence-corrected chi connectivity index (χ3v) is 5.38. The Kier molecular flexibility index (Phi) is 6.01. The summed E-state index contributed by atoms with van der Waals surface area (Å²) in [4.78, 5) is 30.6. The molecule has 2 fully saturated rings. The number of ether oxygens (including phenoxy) is 2. The van der Waals surface area contributed by atoms with E-state index in [1.165, 1.54) is 0 Å². The first-order valence-electron chi connectivity index (χ1n) is 9.36. The summed E-state index contributed by atoms with van der Waals surface area (Å²) in [5.74, 6) is -0.0149. The highest BCUT2D eigenvalue weighted by molar-refractivity contribution is 5.93. The van der Waals surface area contributed by atoms with E-state index in [-0.39, 0.29) is 12.0 Å². The molecule has 0 atom stereocenters. The largest absolute Gasteiger partial charge is 0.441 e. The van der Waals surface area contributed by atoms with Gasteiger partial charge in [-0.3, -0.25) is 9.48 Å². The molecule has 2 aliphatic heterocycles. The van der Waals surface area contributed by atoms with Gasteiger partial charge in [0.2, 0.25) is 0 Å². The molecule has 2 saturated heterocycles. The molecule has 2 amide bonds. The van der Waals surface area contributed by atoms with Crippen LogP contribution in [0.2, 0.25) is 0 Å². The third kappa shape index (κ3) is 4.59. The lowest BCUT2D eigenvalue weighted by molar-refractivity contribution is 0.00312. The summed E-state index contributed by atoms with van der Waals surface area (Å²) in [7, 11) is 5.49. The normalized spacial score (nSPS) is 19.2. The van der Waals surface area contributed by atoms with E-state index < -0.39 is 5.60 Å². The Hall–Kier alpha value is -2.13. The van der Waals surface area contributed by atoms with Crippen LogP contribution in [0.5, 0.6) is 0 Å². The molecule has 27 heavy (non-hydrogen) atoms. The van der Waals surface area contributed by atoms with Crippen molar-refractivity contribution >= 4 is 12.0 Å². The lowest BCUT2D eigenvalue weighted by atomic mass is 9.91. The fourth-order valence-corrected chi connectivity index (χ4v) is 3.61. The van der Waals surface area contributed by atoms with Gasteiger partial charge in [-0.15, -0.1) is 0 Å². The Balaban J connectivity index is 1.49. The molecule has 0 N–H and O–H groups in total. The molecule has 0 aromatic carbocycles. The second-order valence-electron chi connectivity index (χ2n) is 7.46. The van der Waals surface area contributed by atoms with Crippen molar-refractivity contribution in [2.75, 3.05) is 60.0 Å². The number of piperidine rings is 1. The molecule has 0 saturated carbocycles. The Morgan fingerprint density at radius 1 is 1.37 bits per heavy atom. The number of likely N-dealkylation sites (N-methyl/N-ethyl adjacent to an activating group) is 1. The van der Waals surface area contributed by atoms with E-state index in [1.54, 1.807) is 36.1 Å². The minimum atomic E-state index is -0.464. The van der Waals surface area contributed by atoms with Crippen molar-refractivity contribution in [2.45, 2.75) is 18.4 Å². The molecule has 0 bridgehead atoms. The van der Waals surface area contributed by atoms with Gasteiger partial charge in [0, 0.05) is 65.9 Å². The van der Waals surface area contributed by atoms with Crippen LogP contribution in [0.3, 0.4) is 0 Å². The van der Waals surface area contributed by atoms with Gasteiger partial charge >= 0.3 is 6.09 Å².